The molecule has 2 rings (SSSR count). The number of hydrogen-bond acceptors (Lipinski definition) is 4. The molecule has 7 heteroatoms. The third kappa shape index (κ3) is 2.59. The maximum atomic E-state index is 12.9. The summed E-state index contributed by atoms with van der Waals surface area (Å²) in [6, 6.07) is 2.98. The van der Waals surface area contributed by atoms with E-state index in [4.69, 9.17) is 17.3 Å². The molecule has 17 heavy (non-hydrogen) atoms. The van der Waals surface area contributed by atoms with Crippen molar-refractivity contribution in [3.05, 3.63) is 41.2 Å². The number of halogens is 3. The van der Waals surface area contributed by atoms with Crippen LogP contribution in [0.4, 0.5) is 26.1 Å². The Hall–Kier alpha value is -1.95. The summed E-state index contributed by atoms with van der Waals surface area (Å²) in [7, 11) is 0. The fourth-order valence-corrected chi connectivity index (χ4v) is 1.38. The largest absolute Gasteiger partial charge is 0.382 e. The van der Waals surface area contributed by atoms with Gasteiger partial charge >= 0.3 is 0 Å². The second kappa shape index (κ2) is 4.50. The highest BCUT2D eigenvalue weighted by Gasteiger charge is 2.08. The quantitative estimate of drug-likeness (QED) is 0.867. The number of aromatic nitrogens is 2. The van der Waals surface area contributed by atoms with E-state index in [1.54, 1.807) is 0 Å². The van der Waals surface area contributed by atoms with Crippen LogP contribution in [0.3, 0.4) is 0 Å². The molecule has 0 spiro atoms. The summed E-state index contributed by atoms with van der Waals surface area (Å²) in [5.74, 6) is -1.14. The SMILES string of the molecule is Nc1ncnc(Nc2cc(F)cc(F)c2)c1Cl. The Bertz CT molecular complexity index is 542. The van der Waals surface area contributed by atoms with Crippen molar-refractivity contribution in [1.82, 2.24) is 9.97 Å². The first-order valence-corrected chi connectivity index (χ1v) is 4.93. The van der Waals surface area contributed by atoms with Gasteiger partial charge in [-0.25, -0.2) is 18.7 Å². The molecular formula is C10H7ClF2N4. The summed E-state index contributed by atoms with van der Waals surface area (Å²) < 4.78 is 25.9. The Morgan fingerprint density at radius 2 is 1.76 bits per heavy atom. The minimum Gasteiger partial charge on any atom is -0.382 e. The number of rotatable bonds is 2. The highest BCUT2D eigenvalue weighted by molar-refractivity contribution is 6.35. The van der Waals surface area contributed by atoms with Crippen LogP contribution < -0.4 is 11.1 Å². The zero-order valence-corrected chi connectivity index (χ0v) is 9.17. The molecule has 88 valence electrons. The van der Waals surface area contributed by atoms with E-state index in [2.05, 4.69) is 15.3 Å². The lowest BCUT2D eigenvalue weighted by Crippen LogP contribution is -2.00. The van der Waals surface area contributed by atoms with Gasteiger partial charge in [0.2, 0.25) is 0 Å². The van der Waals surface area contributed by atoms with Crippen molar-refractivity contribution in [2.45, 2.75) is 0 Å². The van der Waals surface area contributed by atoms with Gasteiger partial charge in [0.25, 0.3) is 0 Å². The van der Waals surface area contributed by atoms with Gasteiger partial charge in [-0.2, -0.15) is 0 Å². The fraction of sp³-hybridized carbons (Fsp3) is 0. The van der Waals surface area contributed by atoms with Crippen LogP contribution in [-0.4, -0.2) is 9.97 Å². The van der Waals surface area contributed by atoms with Gasteiger partial charge in [-0.1, -0.05) is 11.6 Å². The molecule has 4 nitrogen and oxygen atoms in total. The molecule has 0 amide bonds. The monoisotopic (exact) mass is 256 g/mol. The molecule has 0 saturated heterocycles. The third-order valence-corrected chi connectivity index (χ3v) is 2.31. The normalized spacial score (nSPS) is 10.3. The van der Waals surface area contributed by atoms with Gasteiger partial charge in [-0.15, -0.1) is 0 Å². The van der Waals surface area contributed by atoms with Crippen molar-refractivity contribution in [3.63, 3.8) is 0 Å². The number of anilines is 3. The van der Waals surface area contributed by atoms with Crippen LogP contribution in [-0.2, 0) is 0 Å². The van der Waals surface area contributed by atoms with E-state index >= 15 is 0 Å². The molecule has 3 N–H and O–H groups in total. The predicted molar refractivity (Wildman–Crippen MR) is 61.1 cm³/mol. The molecule has 2 aromatic rings. The molecule has 0 unspecified atom stereocenters. The number of nitrogens with one attached hydrogen (secondary N) is 1. The fourth-order valence-electron chi connectivity index (χ4n) is 1.23. The van der Waals surface area contributed by atoms with E-state index in [0.29, 0.717) is 0 Å². The first kappa shape index (κ1) is 11.5. The summed E-state index contributed by atoms with van der Waals surface area (Å²) in [6.07, 6.45) is 1.19. The maximum absolute atomic E-state index is 12.9. The number of nitrogens with two attached hydrogens (primary N) is 1. The van der Waals surface area contributed by atoms with Gasteiger partial charge in [-0.3, -0.25) is 0 Å². The summed E-state index contributed by atoms with van der Waals surface area (Å²) in [4.78, 5) is 7.48. The minimum absolute atomic E-state index is 0.0843. The molecule has 1 aromatic heterocycles. The molecule has 1 heterocycles. The molecule has 0 aliphatic heterocycles. The number of hydrogen-bond donors (Lipinski definition) is 2. The zero-order valence-electron chi connectivity index (χ0n) is 8.42. The van der Waals surface area contributed by atoms with E-state index < -0.39 is 11.6 Å². The minimum atomic E-state index is -0.703. The topological polar surface area (TPSA) is 63.8 Å². The van der Waals surface area contributed by atoms with Crippen LogP contribution in [0.5, 0.6) is 0 Å². The van der Waals surface area contributed by atoms with Crippen molar-refractivity contribution in [1.29, 1.82) is 0 Å². The van der Waals surface area contributed by atoms with Gasteiger partial charge in [0.15, 0.2) is 5.82 Å². The summed E-state index contributed by atoms with van der Waals surface area (Å²) in [5.41, 5.74) is 5.65. The van der Waals surface area contributed by atoms with Crippen molar-refractivity contribution < 1.29 is 8.78 Å². The van der Waals surface area contributed by atoms with Crippen LogP contribution in [0.1, 0.15) is 0 Å². The average molecular weight is 257 g/mol. The van der Waals surface area contributed by atoms with Gasteiger partial charge in [-0.05, 0) is 12.1 Å². The smallest absolute Gasteiger partial charge is 0.154 e. The highest BCUT2D eigenvalue weighted by Crippen LogP contribution is 2.26. The van der Waals surface area contributed by atoms with Crippen molar-refractivity contribution in [3.8, 4) is 0 Å². The Labute approximate surface area is 100 Å². The van der Waals surface area contributed by atoms with E-state index in [0.717, 1.165) is 18.2 Å². The molecule has 0 aliphatic rings. The van der Waals surface area contributed by atoms with Crippen molar-refractivity contribution in [2.24, 2.45) is 0 Å². The van der Waals surface area contributed by atoms with Crippen molar-refractivity contribution in [2.75, 3.05) is 11.1 Å². The lowest BCUT2D eigenvalue weighted by atomic mass is 10.3. The molecule has 0 bridgehead atoms. The Morgan fingerprint density at radius 3 is 2.41 bits per heavy atom. The molecule has 1 aromatic carbocycles. The molecule has 0 aliphatic carbocycles. The second-order valence-corrected chi connectivity index (χ2v) is 3.58. The number of benzene rings is 1. The van der Waals surface area contributed by atoms with Crippen LogP contribution in [0, 0.1) is 11.6 Å². The van der Waals surface area contributed by atoms with Gasteiger partial charge in [0, 0.05) is 11.8 Å². The first-order valence-electron chi connectivity index (χ1n) is 4.55. The Kier molecular flexibility index (Phi) is 3.06. The number of nitrogen functional groups attached to an aromatic ring is 1. The van der Waals surface area contributed by atoms with Gasteiger partial charge in [0.05, 0.1) is 0 Å². The van der Waals surface area contributed by atoms with Gasteiger partial charge in [0.1, 0.15) is 28.8 Å². The Morgan fingerprint density at radius 1 is 1.12 bits per heavy atom. The van der Waals surface area contributed by atoms with Crippen LogP contribution in [0.2, 0.25) is 5.02 Å². The van der Waals surface area contributed by atoms with E-state index in [-0.39, 0.29) is 22.3 Å². The standard InChI is InChI=1S/C10H7ClF2N4/c11-8-9(14)15-4-16-10(8)17-7-2-5(12)1-6(13)3-7/h1-4H,(H3,14,15,16,17). The van der Waals surface area contributed by atoms with E-state index in [9.17, 15) is 8.78 Å². The molecular weight excluding hydrogens is 250 g/mol. The molecule has 0 saturated carbocycles. The van der Waals surface area contributed by atoms with E-state index in [1.165, 1.54) is 6.33 Å². The molecule has 0 radical (unpaired) electrons. The molecule has 0 fully saturated rings. The Balaban J connectivity index is 2.34. The first-order chi connectivity index (χ1) is 8.06. The number of nitrogens with zero attached hydrogens (tertiary/aromatic N) is 2. The zero-order chi connectivity index (χ0) is 12.4. The van der Waals surface area contributed by atoms with E-state index in [1.807, 2.05) is 0 Å². The second-order valence-electron chi connectivity index (χ2n) is 3.20. The molecule has 0 atom stereocenters. The third-order valence-electron chi connectivity index (χ3n) is 1.94. The lowest BCUT2D eigenvalue weighted by molar-refractivity contribution is 0.584. The average Bonchev–Trinajstić information content (AvgIpc) is 2.23. The predicted octanol–water partition coefficient (Wildman–Crippen LogP) is 2.73. The van der Waals surface area contributed by atoms with Crippen LogP contribution in [0.25, 0.3) is 0 Å². The van der Waals surface area contributed by atoms with Gasteiger partial charge < -0.3 is 11.1 Å². The summed E-state index contributed by atoms with van der Waals surface area (Å²) >= 11 is 5.82. The maximum Gasteiger partial charge on any atom is 0.154 e. The van der Waals surface area contributed by atoms with Crippen LogP contribution >= 0.6 is 11.6 Å². The summed E-state index contributed by atoms with van der Waals surface area (Å²) in [6.45, 7) is 0. The highest BCUT2D eigenvalue weighted by atomic mass is 35.5. The van der Waals surface area contributed by atoms with Crippen LogP contribution in [0.15, 0.2) is 24.5 Å². The summed E-state index contributed by atoms with van der Waals surface area (Å²) in [5, 5.41) is 2.75. The lowest BCUT2D eigenvalue weighted by Gasteiger charge is -2.08. The van der Waals surface area contributed by atoms with Crippen molar-refractivity contribution >= 4 is 28.9 Å².